The van der Waals surface area contributed by atoms with Crippen molar-refractivity contribution in [1.29, 1.82) is 0 Å². The van der Waals surface area contributed by atoms with E-state index >= 15 is 0 Å². The third-order valence-electron chi connectivity index (χ3n) is 1.82. The van der Waals surface area contributed by atoms with Crippen molar-refractivity contribution in [3.8, 4) is 0 Å². The van der Waals surface area contributed by atoms with E-state index in [-0.39, 0.29) is 5.82 Å². The summed E-state index contributed by atoms with van der Waals surface area (Å²) in [7, 11) is 0. The van der Waals surface area contributed by atoms with Crippen LogP contribution in [-0.2, 0) is 6.54 Å². The van der Waals surface area contributed by atoms with E-state index in [2.05, 4.69) is 5.32 Å². The Morgan fingerprint density at radius 3 is 2.69 bits per heavy atom. The van der Waals surface area contributed by atoms with Gasteiger partial charge in [0.15, 0.2) is 0 Å². The molecule has 5 N–H and O–H groups in total. The Labute approximate surface area is 76.9 Å². The van der Waals surface area contributed by atoms with E-state index in [1.807, 2.05) is 6.92 Å². The van der Waals surface area contributed by atoms with Crippen molar-refractivity contribution in [3.05, 3.63) is 23.5 Å². The lowest BCUT2D eigenvalue weighted by atomic mass is 10.1. The second-order valence-electron chi connectivity index (χ2n) is 2.77. The van der Waals surface area contributed by atoms with Gasteiger partial charge in [-0.25, -0.2) is 4.39 Å². The van der Waals surface area contributed by atoms with Crippen LogP contribution in [0, 0.1) is 5.82 Å². The van der Waals surface area contributed by atoms with Crippen molar-refractivity contribution in [2.45, 2.75) is 13.5 Å². The van der Waals surface area contributed by atoms with Gasteiger partial charge in [0.05, 0.1) is 5.69 Å². The van der Waals surface area contributed by atoms with Crippen LogP contribution in [0.15, 0.2) is 12.1 Å². The second-order valence-corrected chi connectivity index (χ2v) is 2.77. The van der Waals surface area contributed by atoms with Gasteiger partial charge in [0.2, 0.25) is 0 Å². The molecule has 0 aliphatic rings. The zero-order valence-corrected chi connectivity index (χ0v) is 7.60. The van der Waals surface area contributed by atoms with Crippen molar-refractivity contribution < 1.29 is 4.39 Å². The smallest absolute Gasteiger partial charge is 0.148 e. The minimum atomic E-state index is -0.337. The maximum absolute atomic E-state index is 13.2. The summed E-state index contributed by atoms with van der Waals surface area (Å²) in [6, 6.07) is 2.94. The summed E-state index contributed by atoms with van der Waals surface area (Å²) in [4.78, 5) is 0. The van der Waals surface area contributed by atoms with Crippen LogP contribution in [0.4, 0.5) is 15.8 Å². The Bertz CT molecular complexity index is 299. The predicted molar refractivity (Wildman–Crippen MR) is 52.9 cm³/mol. The molecule has 0 aromatic heterocycles. The minimum Gasteiger partial charge on any atom is -0.398 e. The maximum atomic E-state index is 13.2. The lowest BCUT2D eigenvalue weighted by Crippen LogP contribution is -2.06. The molecule has 4 heteroatoms. The summed E-state index contributed by atoms with van der Waals surface area (Å²) in [5.41, 5.74) is 12.6. The van der Waals surface area contributed by atoms with E-state index in [1.54, 1.807) is 6.07 Å². The van der Waals surface area contributed by atoms with Crippen molar-refractivity contribution in [1.82, 2.24) is 0 Å². The van der Waals surface area contributed by atoms with Gasteiger partial charge in [-0.2, -0.15) is 0 Å². The fraction of sp³-hybridized carbons (Fsp3) is 0.333. The molecule has 1 aromatic rings. The highest BCUT2D eigenvalue weighted by Gasteiger charge is 2.05. The average Bonchev–Trinajstić information content (AvgIpc) is 2.10. The van der Waals surface area contributed by atoms with Gasteiger partial charge in [0, 0.05) is 18.8 Å². The molecule has 0 amide bonds. The highest BCUT2D eigenvalue weighted by molar-refractivity contribution is 5.58. The molecule has 13 heavy (non-hydrogen) atoms. The fourth-order valence-corrected chi connectivity index (χ4v) is 1.14. The number of benzene rings is 1. The Hall–Kier alpha value is -1.29. The van der Waals surface area contributed by atoms with Crippen LogP contribution in [0.5, 0.6) is 0 Å². The highest BCUT2D eigenvalue weighted by Crippen LogP contribution is 2.21. The first kappa shape index (κ1) is 9.80. The third kappa shape index (κ3) is 2.09. The molecule has 0 aliphatic carbocycles. The summed E-state index contributed by atoms with van der Waals surface area (Å²) in [6.07, 6.45) is 0. The van der Waals surface area contributed by atoms with Crippen molar-refractivity contribution in [3.63, 3.8) is 0 Å². The van der Waals surface area contributed by atoms with Gasteiger partial charge in [-0.15, -0.1) is 0 Å². The number of anilines is 2. The quantitative estimate of drug-likeness (QED) is 0.619. The number of nitrogens with two attached hydrogens (primary N) is 2. The van der Waals surface area contributed by atoms with Crippen molar-refractivity contribution in [2.75, 3.05) is 17.6 Å². The third-order valence-corrected chi connectivity index (χ3v) is 1.82. The first-order valence-corrected chi connectivity index (χ1v) is 4.20. The molecule has 0 aliphatic heterocycles. The Kier molecular flexibility index (Phi) is 3.08. The number of hydrogen-bond donors (Lipinski definition) is 3. The van der Waals surface area contributed by atoms with Crippen LogP contribution in [0.1, 0.15) is 12.5 Å². The molecule has 0 saturated heterocycles. The van der Waals surface area contributed by atoms with Crippen LogP contribution in [0.2, 0.25) is 0 Å². The van der Waals surface area contributed by atoms with Gasteiger partial charge < -0.3 is 16.8 Å². The van der Waals surface area contributed by atoms with E-state index in [0.29, 0.717) is 24.5 Å². The Morgan fingerprint density at radius 2 is 2.15 bits per heavy atom. The zero-order chi connectivity index (χ0) is 9.84. The first-order valence-electron chi connectivity index (χ1n) is 4.20. The summed E-state index contributed by atoms with van der Waals surface area (Å²) < 4.78 is 13.2. The second kappa shape index (κ2) is 4.09. The van der Waals surface area contributed by atoms with Gasteiger partial charge in [0.1, 0.15) is 5.82 Å². The van der Waals surface area contributed by atoms with Crippen LogP contribution in [-0.4, -0.2) is 6.54 Å². The normalized spacial score (nSPS) is 10.1. The Morgan fingerprint density at radius 1 is 1.46 bits per heavy atom. The first-order chi connectivity index (χ1) is 6.19. The summed E-state index contributed by atoms with van der Waals surface area (Å²) in [5, 5.41) is 2.89. The molecule has 0 spiro atoms. The molecule has 0 bridgehead atoms. The van der Waals surface area contributed by atoms with Gasteiger partial charge in [-0.3, -0.25) is 0 Å². The number of hydrogen-bond acceptors (Lipinski definition) is 3. The lowest BCUT2D eigenvalue weighted by Gasteiger charge is -2.09. The molecule has 0 fully saturated rings. The van der Waals surface area contributed by atoms with E-state index < -0.39 is 0 Å². The monoisotopic (exact) mass is 183 g/mol. The summed E-state index contributed by atoms with van der Waals surface area (Å²) >= 11 is 0. The summed E-state index contributed by atoms with van der Waals surface area (Å²) in [5.74, 6) is -0.337. The molecule has 0 heterocycles. The van der Waals surface area contributed by atoms with Crippen LogP contribution in [0.25, 0.3) is 0 Å². The van der Waals surface area contributed by atoms with Crippen molar-refractivity contribution in [2.24, 2.45) is 5.73 Å². The fourth-order valence-electron chi connectivity index (χ4n) is 1.14. The predicted octanol–water partition coefficient (Wildman–Crippen LogP) is 1.30. The molecular formula is C9H14FN3. The number of halogens is 1. The SMILES string of the molecule is CCNc1cc(CN)c(N)cc1F. The molecule has 72 valence electrons. The molecular weight excluding hydrogens is 169 g/mol. The molecule has 0 atom stereocenters. The summed E-state index contributed by atoms with van der Waals surface area (Å²) in [6.45, 7) is 2.90. The number of rotatable bonds is 3. The molecule has 0 radical (unpaired) electrons. The van der Waals surface area contributed by atoms with E-state index in [0.717, 1.165) is 5.56 Å². The van der Waals surface area contributed by atoms with Gasteiger partial charge >= 0.3 is 0 Å². The number of nitrogen functional groups attached to an aromatic ring is 1. The van der Waals surface area contributed by atoms with E-state index in [1.165, 1.54) is 6.07 Å². The van der Waals surface area contributed by atoms with Gasteiger partial charge in [0.25, 0.3) is 0 Å². The average molecular weight is 183 g/mol. The standard InChI is InChI=1S/C9H14FN3/c1-2-13-9-3-6(5-11)8(12)4-7(9)10/h3-4,13H,2,5,11-12H2,1H3. The molecule has 1 aromatic carbocycles. The molecule has 0 saturated carbocycles. The minimum absolute atomic E-state index is 0.324. The topological polar surface area (TPSA) is 64.1 Å². The van der Waals surface area contributed by atoms with E-state index in [9.17, 15) is 4.39 Å². The van der Waals surface area contributed by atoms with Gasteiger partial charge in [-0.05, 0) is 24.6 Å². The lowest BCUT2D eigenvalue weighted by molar-refractivity contribution is 0.630. The van der Waals surface area contributed by atoms with E-state index in [4.69, 9.17) is 11.5 Å². The number of nitrogens with one attached hydrogen (secondary N) is 1. The molecule has 1 rings (SSSR count). The van der Waals surface area contributed by atoms with Crippen LogP contribution < -0.4 is 16.8 Å². The zero-order valence-electron chi connectivity index (χ0n) is 7.60. The molecule has 3 nitrogen and oxygen atoms in total. The Balaban J connectivity index is 3.06. The largest absolute Gasteiger partial charge is 0.398 e. The maximum Gasteiger partial charge on any atom is 0.148 e. The van der Waals surface area contributed by atoms with Crippen LogP contribution in [0.3, 0.4) is 0 Å². The van der Waals surface area contributed by atoms with Crippen molar-refractivity contribution >= 4 is 11.4 Å². The van der Waals surface area contributed by atoms with Gasteiger partial charge in [-0.1, -0.05) is 0 Å². The highest BCUT2D eigenvalue weighted by atomic mass is 19.1. The van der Waals surface area contributed by atoms with Crippen LogP contribution >= 0.6 is 0 Å². The molecule has 0 unspecified atom stereocenters.